The first-order valence-electron chi connectivity index (χ1n) is 8.68. The minimum Gasteiger partial charge on any atom is -0.356 e. The van der Waals surface area contributed by atoms with E-state index in [2.05, 4.69) is 41.4 Å². The number of hydrogen-bond donors (Lipinski definition) is 1. The Bertz CT molecular complexity index is 525. The smallest absolute Gasteiger partial charge is 0.223 e. The first-order chi connectivity index (χ1) is 11.1. The van der Waals surface area contributed by atoms with Gasteiger partial charge in [-0.3, -0.25) is 9.59 Å². The molecule has 1 aromatic rings. The number of nitrogens with one attached hydrogen (secondary N) is 1. The number of rotatable bonds is 7. The molecule has 0 radical (unpaired) electrons. The summed E-state index contributed by atoms with van der Waals surface area (Å²) >= 11 is 0. The molecule has 1 aliphatic heterocycles. The summed E-state index contributed by atoms with van der Waals surface area (Å²) in [5.74, 6) is 0.284. The molecule has 1 aliphatic rings. The Morgan fingerprint density at radius 2 is 1.91 bits per heavy atom. The summed E-state index contributed by atoms with van der Waals surface area (Å²) in [6.45, 7) is 5.20. The highest BCUT2D eigenvalue weighted by molar-refractivity contribution is 5.77. The first kappa shape index (κ1) is 17.5. The molecule has 1 aromatic carbocycles. The molecule has 1 saturated heterocycles. The number of carbonyl (C=O) groups is 2. The van der Waals surface area contributed by atoms with Crippen LogP contribution in [0.1, 0.15) is 62.6 Å². The number of nitrogens with zero attached hydrogens (tertiary/aromatic N) is 1. The molecule has 1 heterocycles. The maximum atomic E-state index is 12.5. The van der Waals surface area contributed by atoms with E-state index in [1.807, 2.05) is 0 Å². The fraction of sp³-hybridized carbons (Fsp3) is 0.579. The molecular formula is C19H28N2O2. The van der Waals surface area contributed by atoms with Gasteiger partial charge in [-0.1, -0.05) is 36.2 Å². The minimum absolute atomic E-state index is 0.0130. The molecule has 4 nitrogen and oxygen atoms in total. The molecule has 1 atom stereocenters. The Morgan fingerprint density at radius 3 is 2.61 bits per heavy atom. The lowest BCUT2D eigenvalue weighted by atomic mass is 10.0. The zero-order chi connectivity index (χ0) is 16.7. The molecule has 0 saturated carbocycles. The zero-order valence-corrected chi connectivity index (χ0v) is 14.3. The summed E-state index contributed by atoms with van der Waals surface area (Å²) in [4.78, 5) is 25.3. The average Bonchev–Trinajstić information content (AvgIpc) is 3.00. The maximum Gasteiger partial charge on any atom is 0.223 e. The number of carbonyl (C=O) groups excluding carboxylic acids is 2. The van der Waals surface area contributed by atoms with Gasteiger partial charge in [0.2, 0.25) is 11.8 Å². The van der Waals surface area contributed by atoms with Crippen molar-refractivity contribution in [1.82, 2.24) is 10.2 Å². The van der Waals surface area contributed by atoms with E-state index in [1.54, 1.807) is 0 Å². The third-order valence-corrected chi connectivity index (χ3v) is 4.48. The molecule has 23 heavy (non-hydrogen) atoms. The largest absolute Gasteiger partial charge is 0.356 e. The number of likely N-dealkylation sites (tertiary alicyclic amines) is 1. The molecule has 2 amide bonds. The van der Waals surface area contributed by atoms with Crippen LogP contribution < -0.4 is 5.32 Å². The van der Waals surface area contributed by atoms with Crippen LogP contribution in [0.2, 0.25) is 0 Å². The van der Waals surface area contributed by atoms with Gasteiger partial charge in [-0.15, -0.1) is 0 Å². The SMILES string of the molecule is CC(=O)NCCCCCC(=O)N1CCCC1c1ccc(C)cc1. The summed E-state index contributed by atoms with van der Waals surface area (Å²) in [5, 5.41) is 2.79. The van der Waals surface area contributed by atoms with Crippen LogP contribution in [0.3, 0.4) is 0 Å². The quantitative estimate of drug-likeness (QED) is 0.784. The normalized spacial score (nSPS) is 17.3. The Hall–Kier alpha value is -1.84. The van der Waals surface area contributed by atoms with Crippen molar-refractivity contribution in [2.45, 2.75) is 58.4 Å². The summed E-state index contributed by atoms with van der Waals surface area (Å²) in [6, 6.07) is 8.80. The van der Waals surface area contributed by atoms with Crippen LogP contribution in [0, 0.1) is 6.92 Å². The molecule has 1 N–H and O–H groups in total. The van der Waals surface area contributed by atoms with E-state index < -0.39 is 0 Å². The number of amides is 2. The lowest BCUT2D eigenvalue weighted by Gasteiger charge is -2.25. The van der Waals surface area contributed by atoms with Crippen molar-refractivity contribution >= 4 is 11.8 Å². The predicted octanol–water partition coefficient (Wildman–Crippen LogP) is 3.36. The summed E-state index contributed by atoms with van der Waals surface area (Å²) in [7, 11) is 0. The summed E-state index contributed by atoms with van der Waals surface area (Å²) in [5.41, 5.74) is 2.51. The van der Waals surface area contributed by atoms with Crippen LogP contribution >= 0.6 is 0 Å². The number of aryl methyl sites for hydroxylation is 1. The molecule has 126 valence electrons. The summed E-state index contributed by atoms with van der Waals surface area (Å²) < 4.78 is 0. The number of benzene rings is 1. The molecule has 1 fully saturated rings. The van der Waals surface area contributed by atoms with Gasteiger partial charge in [-0.2, -0.15) is 0 Å². The van der Waals surface area contributed by atoms with Crippen molar-refractivity contribution in [3.05, 3.63) is 35.4 Å². The lowest BCUT2D eigenvalue weighted by molar-refractivity contribution is -0.132. The summed E-state index contributed by atoms with van der Waals surface area (Å²) in [6.07, 6.45) is 5.59. The third-order valence-electron chi connectivity index (χ3n) is 4.48. The number of unbranched alkanes of at least 4 members (excludes halogenated alkanes) is 2. The average molecular weight is 316 g/mol. The molecule has 2 rings (SSSR count). The topological polar surface area (TPSA) is 49.4 Å². The Morgan fingerprint density at radius 1 is 1.17 bits per heavy atom. The van der Waals surface area contributed by atoms with Gasteiger partial charge >= 0.3 is 0 Å². The van der Waals surface area contributed by atoms with Gasteiger partial charge in [0, 0.05) is 26.4 Å². The predicted molar refractivity (Wildman–Crippen MR) is 92.0 cm³/mol. The highest BCUT2D eigenvalue weighted by Crippen LogP contribution is 2.32. The second-order valence-electron chi connectivity index (χ2n) is 6.45. The fourth-order valence-corrected chi connectivity index (χ4v) is 3.19. The van der Waals surface area contributed by atoms with E-state index in [0.29, 0.717) is 13.0 Å². The van der Waals surface area contributed by atoms with Gasteiger partial charge in [0.05, 0.1) is 6.04 Å². The number of hydrogen-bond acceptors (Lipinski definition) is 2. The molecule has 0 bridgehead atoms. The highest BCUT2D eigenvalue weighted by atomic mass is 16.2. The van der Waals surface area contributed by atoms with Crippen molar-refractivity contribution in [2.24, 2.45) is 0 Å². The van der Waals surface area contributed by atoms with E-state index in [1.165, 1.54) is 18.1 Å². The van der Waals surface area contributed by atoms with Gasteiger partial charge in [-0.05, 0) is 38.2 Å². The second-order valence-corrected chi connectivity index (χ2v) is 6.45. The van der Waals surface area contributed by atoms with Crippen LogP contribution in [0.4, 0.5) is 0 Å². The van der Waals surface area contributed by atoms with Crippen molar-refractivity contribution in [2.75, 3.05) is 13.1 Å². The van der Waals surface area contributed by atoms with E-state index in [0.717, 1.165) is 38.6 Å². The van der Waals surface area contributed by atoms with Crippen LogP contribution in [-0.2, 0) is 9.59 Å². The molecule has 4 heteroatoms. The van der Waals surface area contributed by atoms with E-state index in [9.17, 15) is 9.59 Å². The zero-order valence-electron chi connectivity index (χ0n) is 14.3. The Labute approximate surface area is 139 Å². The van der Waals surface area contributed by atoms with Gasteiger partial charge in [0.15, 0.2) is 0 Å². The molecule has 0 aliphatic carbocycles. The van der Waals surface area contributed by atoms with E-state index in [-0.39, 0.29) is 17.9 Å². The Balaban J connectivity index is 1.77. The van der Waals surface area contributed by atoms with Crippen LogP contribution in [-0.4, -0.2) is 29.8 Å². The van der Waals surface area contributed by atoms with Gasteiger partial charge in [-0.25, -0.2) is 0 Å². The second kappa shape index (κ2) is 8.70. The highest BCUT2D eigenvalue weighted by Gasteiger charge is 2.29. The van der Waals surface area contributed by atoms with Crippen molar-refractivity contribution < 1.29 is 9.59 Å². The van der Waals surface area contributed by atoms with Crippen LogP contribution in [0.15, 0.2) is 24.3 Å². The minimum atomic E-state index is 0.0130. The first-order valence-corrected chi connectivity index (χ1v) is 8.68. The lowest BCUT2D eigenvalue weighted by Crippen LogP contribution is -2.30. The van der Waals surface area contributed by atoms with Gasteiger partial charge < -0.3 is 10.2 Å². The standard InChI is InChI=1S/C19H28N2O2/c1-15-9-11-17(12-10-15)18-7-6-14-21(18)19(23)8-4-3-5-13-20-16(2)22/h9-12,18H,3-8,13-14H2,1-2H3,(H,20,22). The van der Waals surface area contributed by atoms with Gasteiger partial charge in [0.1, 0.15) is 0 Å². The molecule has 1 unspecified atom stereocenters. The fourth-order valence-electron chi connectivity index (χ4n) is 3.19. The molecule has 0 aromatic heterocycles. The molecular weight excluding hydrogens is 288 g/mol. The van der Waals surface area contributed by atoms with E-state index in [4.69, 9.17) is 0 Å². The third kappa shape index (κ3) is 5.38. The van der Waals surface area contributed by atoms with Crippen molar-refractivity contribution in [3.63, 3.8) is 0 Å². The molecule has 0 spiro atoms. The maximum absolute atomic E-state index is 12.5. The van der Waals surface area contributed by atoms with E-state index >= 15 is 0 Å². The van der Waals surface area contributed by atoms with Crippen LogP contribution in [0.25, 0.3) is 0 Å². The monoisotopic (exact) mass is 316 g/mol. The van der Waals surface area contributed by atoms with Crippen molar-refractivity contribution in [3.8, 4) is 0 Å². The Kier molecular flexibility index (Phi) is 6.63. The van der Waals surface area contributed by atoms with Crippen molar-refractivity contribution in [1.29, 1.82) is 0 Å². The van der Waals surface area contributed by atoms with Gasteiger partial charge in [0.25, 0.3) is 0 Å². The van der Waals surface area contributed by atoms with Crippen LogP contribution in [0.5, 0.6) is 0 Å².